The van der Waals surface area contributed by atoms with Gasteiger partial charge in [-0.1, -0.05) is 18.9 Å². The maximum Gasteiger partial charge on any atom is 0.259 e. The van der Waals surface area contributed by atoms with Crippen molar-refractivity contribution in [1.29, 1.82) is 0 Å². The van der Waals surface area contributed by atoms with E-state index in [1.807, 2.05) is 42.0 Å². The molecule has 1 aromatic heterocycles. The van der Waals surface area contributed by atoms with E-state index in [0.29, 0.717) is 6.54 Å². The first-order valence-electron chi connectivity index (χ1n) is 7.49. The highest BCUT2D eigenvalue weighted by Crippen LogP contribution is 2.27. The van der Waals surface area contributed by atoms with Crippen molar-refractivity contribution in [3.05, 3.63) is 47.6 Å². The number of hydrogen-bond donors (Lipinski definition) is 1. The van der Waals surface area contributed by atoms with Gasteiger partial charge in [0.25, 0.3) is 5.91 Å². The van der Waals surface area contributed by atoms with E-state index in [1.165, 1.54) is 4.31 Å². The first-order chi connectivity index (χ1) is 11.1. The van der Waals surface area contributed by atoms with Crippen molar-refractivity contribution in [2.75, 3.05) is 13.7 Å². The van der Waals surface area contributed by atoms with Gasteiger partial charge in [-0.05, 0) is 43.5 Å². The number of rotatable bonds is 3. The lowest BCUT2D eigenvalue weighted by Gasteiger charge is -2.22. The Bertz CT molecular complexity index is 767. The highest BCUT2D eigenvalue weighted by atomic mass is 32.1. The minimum absolute atomic E-state index is 0.0205. The van der Waals surface area contributed by atoms with Gasteiger partial charge in [0.05, 0.1) is 24.8 Å². The van der Waals surface area contributed by atoms with Gasteiger partial charge in [-0.15, -0.1) is 0 Å². The molecule has 1 aromatic carbocycles. The Hall–Kier alpha value is -2.21. The minimum atomic E-state index is -0.0205. The molecular weight excluding hydrogens is 310 g/mol. The normalized spacial score (nSPS) is 16.9. The van der Waals surface area contributed by atoms with E-state index >= 15 is 0 Å². The van der Waals surface area contributed by atoms with Crippen molar-refractivity contribution in [3.63, 3.8) is 0 Å². The lowest BCUT2D eigenvalue weighted by atomic mass is 10.0. The summed E-state index contributed by atoms with van der Waals surface area (Å²) < 4.78 is 8.89. The molecule has 0 aliphatic carbocycles. The number of carbonyl (C=O) groups is 1. The Kier molecular flexibility index (Phi) is 4.43. The van der Waals surface area contributed by atoms with Gasteiger partial charge in [-0.2, -0.15) is 0 Å². The Labute approximate surface area is 141 Å². The molecule has 2 aromatic rings. The average Bonchev–Trinajstić information content (AvgIpc) is 2.98. The number of thiol groups is 1. The smallest absolute Gasteiger partial charge is 0.259 e. The molecule has 0 saturated carbocycles. The van der Waals surface area contributed by atoms with Gasteiger partial charge < -0.3 is 9.30 Å². The first kappa shape index (κ1) is 15.7. The average molecular weight is 329 g/mol. The van der Waals surface area contributed by atoms with Gasteiger partial charge in [-0.3, -0.25) is 9.10 Å². The number of hydrogen-bond acceptors (Lipinski definition) is 4. The largest absolute Gasteiger partial charge is 0.495 e. The molecule has 1 aliphatic heterocycles. The second-order valence-electron chi connectivity index (χ2n) is 5.56. The second kappa shape index (κ2) is 6.50. The Morgan fingerprint density at radius 1 is 1.39 bits per heavy atom. The zero-order chi connectivity index (χ0) is 16.4. The summed E-state index contributed by atoms with van der Waals surface area (Å²) in [6, 6.07) is 5.88. The van der Waals surface area contributed by atoms with Crippen LogP contribution in [0.1, 0.15) is 24.1 Å². The fraction of sp³-hybridized carbons (Fsp3) is 0.294. The van der Waals surface area contributed by atoms with Crippen molar-refractivity contribution in [2.45, 2.75) is 19.8 Å². The molecule has 0 unspecified atom stereocenters. The van der Waals surface area contributed by atoms with E-state index in [4.69, 9.17) is 4.74 Å². The number of benzene rings is 1. The zero-order valence-corrected chi connectivity index (χ0v) is 14.1. The topological polar surface area (TPSA) is 47.4 Å². The molecule has 0 spiro atoms. The van der Waals surface area contributed by atoms with Crippen LogP contribution >= 0.6 is 12.8 Å². The van der Waals surface area contributed by atoms with Crippen LogP contribution in [0.15, 0.2) is 36.3 Å². The Morgan fingerprint density at radius 3 is 2.91 bits per heavy atom. The fourth-order valence-electron chi connectivity index (χ4n) is 2.68. The van der Waals surface area contributed by atoms with Crippen molar-refractivity contribution in [1.82, 2.24) is 13.9 Å². The molecule has 1 saturated heterocycles. The zero-order valence-electron chi connectivity index (χ0n) is 13.2. The Morgan fingerprint density at radius 2 is 2.22 bits per heavy atom. The SMILES string of the molecule is COc1cc(/C=C2\CCCN(S)C2=O)ccc1-n1cnc(C)c1. The lowest BCUT2D eigenvalue weighted by Crippen LogP contribution is -2.29. The molecule has 23 heavy (non-hydrogen) atoms. The summed E-state index contributed by atoms with van der Waals surface area (Å²) in [4.78, 5) is 16.4. The summed E-state index contributed by atoms with van der Waals surface area (Å²) in [6.07, 6.45) is 7.33. The van der Waals surface area contributed by atoms with Gasteiger partial charge in [0.2, 0.25) is 0 Å². The van der Waals surface area contributed by atoms with Crippen LogP contribution in [-0.4, -0.2) is 33.4 Å². The molecule has 0 atom stereocenters. The van der Waals surface area contributed by atoms with Crippen LogP contribution in [0, 0.1) is 6.92 Å². The third-order valence-corrected chi connectivity index (χ3v) is 4.24. The van der Waals surface area contributed by atoms with Crippen molar-refractivity contribution in [2.24, 2.45) is 0 Å². The lowest BCUT2D eigenvalue weighted by molar-refractivity contribution is -0.123. The van der Waals surface area contributed by atoms with Crippen LogP contribution in [0.3, 0.4) is 0 Å². The maximum atomic E-state index is 12.1. The summed E-state index contributed by atoms with van der Waals surface area (Å²) in [5.41, 5.74) is 3.58. The van der Waals surface area contributed by atoms with Crippen LogP contribution in [0.5, 0.6) is 5.75 Å². The number of imidazole rings is 1. The number of aryl methyl sites for hydroxylation is 1. The number of ether oxygens (including phenoxy) is 1. The summed E-state index contributed by atoms with van der Waals surface area (Å²) in [5, 5.41) is 0. The second-order valence-corrected chi connectivity index (χ2v) is 6.04. The van der Waals surface area contributed by atoms with E-state index in [9.17, 15) is 4.79 Å². The summed E-state index contributed by atoms with van der Waals surface area (Å²) in [7, 11) is 1.64. The molecule has 1 amide bonds. The molecule has 0 N–H and O–H groups in total. The quantitative estimate of drug-likeness (QED) is 0.695. The number of carbonyl (C=O) groups excluding carboxylic acids is 1. The predicted octanol–water partition coefficient (Wildman–Crippen LogP) is 3.04. The highest BCUT2D eigenvalue weighted by Gasteiger charge is 2.20. The van der Waals surface area contributed by atoms with E-state index < -0.39 is 0 Å². The minimum Gasteiger partial charge on any atom is -0.495 e. The summed E-state index contributed by atoms with van der Waals surface area (Å²) in [5.74, 6) is 0.718. The first-order valence-corrected chi connectivity index (χ1v) is 7.89. The Balaban J connectivity index is 1.94. The van der Waals surface area contributed by atoms with E-state index in [0.717, 1.165) is 41.1 Å². The van der Waals surface area contributed by atoms with Gasteiger partial charge >= 0.3 is 0 Å². The molecule has 1 aliphatic rings. The molecule has 6 heteroatoms. The predicted molar refractivity (Wildman–Crippen MR) is 92.8 cm³/mol. The van der Waals surface area contributed by atoms with Gasteiger partial charge in [0, 0.05) is 18.3 Å². The molecule has 120 valence electrons. The van der Waals surface area contributed by atoms with Crippen LogP contribution < -0.4 is 4.74 Å². The van der Waals surface area contributed by atoms with Gasteiger partial charge in [0.15, 0.2) is 0 Å². The van der Waals surface area contributed by atoms with Crippen molar-refractivity contribution < 1.29 is 9.53 Å². The monoisotopic (exact) mass is 329 g/mol. The number of nitrogens with zero attached hydrogens (tertiary/aromatic N) is 3. The molecule has 0 radical (unpaired) electrons. The number of piperidine rings is 1. The fourth-order valence-corrected chi connectivity index (χ4v) is 2.95. The number of aromatic nitrogens is 2. The molecule has 2 heterocycles. The van der Waals surface area contributed by atoms with E-state index in [-0.39, 0.29) is 5.91 Å². The van der Waals surface area contributed by atoms with Crippen LogP contribution in [0.25, 0.3) is 11.8 Å². The van der Waals surface area contributed by atoms with Gasteiger partial charge in [0.1, 0.15) is 5.75 Å². The van der Waals surface area contributed by atoms with Gasteiger partial charge in [-0.25, -0.2) is 4.98 Å². The third kappa shape index (κ3) is 3.27. The standard InChI is InChI=1S/C17H19N3O2S/c1-12-10-19(11-18-12)15-6-5-13(9-16(15)22-2)8-14-4-3-7-20(23)17(14)21/h5-6,8-11,23H,3-4,7H2,1-2H3/b14-8+. The maximum absolute atomic E-state index is 12.1. The van der Waals surface area contributed by atoms with E-state index in [2.05, 4.69) is 17.8 Å². The van der Waals surface area contributed by atoms with Crippen molar-refractivity contribution >= 4 is 24.8 Å². The van der Waals surface area contributed by atoms with Crippen LogP contribution in [0.2, 0.25) is 0 Å². The molecular formula is C17H19N3O2S. The highest BCUT2D eigenvalue weighted by molar-refractivity contribution is 7.78. The summed E-state index contributed by atoms with van der Waals surface area (Å²) in [6.45, 7) is 2.64. The van der Waals surface area contributed by atoms with E-state index in [1.54, 1.807) is 13.4 Å². The van der Waals surface area contributed by atoms with Crippen LogP contribution in [0.4, 0.5) is 0 Å². The number of amides is 1. The number of methoxy groups -OCH3 is 1. The molecule has 5 nitrogen and oxygen atoms in total. The molecule has 1 fully saturated rings. The summed E-state index contributed by atoms with van der Waals surface area (Å²) >= 11 is 4.20. The molecule has 3 rings (SSSR count). The third-order valence-electron chi connectivity index (χ3n) is 3.86. The molecule has 0 bridgehead atoms. The van der Waals surface area contributed by atoms with Crippen molar-refractivity contribution in [3.8, 4) is 11.4 Å². The van der Waals surface area contributed by atoms with Crippen LogP contribution in [-0.2, 0) is 4.79 Å².